The summed E-state index contributed by atoms with van der Waals surface area (Å²) in [6.45, 7) is 41.4. The molecule has 14 heteroatoms. The van der Waals surface area contributed by atoms with Crippen LogP contribution in [0.5, 0.6) is 0 Å². The molecule has 0 fully saturated rings. The third-order valence-corrected chi connectivity index (χ3v) is 28.1. The molecule has 0 aliphatic heterocycles. The second kappa shape index (κ2) is 16.7. The Balaban J connectivity index is -0.000000165. The Kier molecular flexibility index (Phi) is 21.9. The average Bonchev–Trinajstić information content (AvgIpc) is 2.22. The molecule has 0 heterocycles. The lowest BCUT2D eigenvalue weighted by molar-refractivity contribution is 0.331. The lowest BCUT2D eigenvalue weighted by atomic mass is 11.8. The molecule has 6 nitrogen and oxygen atoms in total. The number of rotatable bonds is 12. The van der Waals surface area contributed by atoms with Crippen LogP contribution in [0.3, 0.4) is 0 Å². The number of hydrogen-bond donors (Lipinski definition) is 0. The van der Waals surface area contributed by atoms with Crippen molar-refractivity contribution < 1.29 is 24.7 Å². The van der Waals surface area contributed by atoms with E-state index in [0.717, 1.165) is 0 Å². The summed E-state index contributed by atoms with van der Waals surface area (Å²) in [5, 5.41) is 0. The molecule has 0 aliphatic rings. The highest BCUT2D eigenvalue weighted by Crippen LogP contribution is 2.23. The predicted molar refractivity (Wildman–Crippen MR) is 186 cm³/mol. The Hall–Kier alpha value is 1.50. The van der Waals surface area contributed by atoms with Gasteiger partial charge in [-0.15, -0.1) is 0 Å². The van der Waals surface area contributed by atoms with E-state index in [1.165, 1.54) is 0 Å². The fourth-order valence-corrected chi connectivity index (χ4v) is 35.7. The third kappa shape index (κ3) is 33.5. The van der Waals surface area contributed by atoms with Crippen LogP contribution in [0.4, 0.5) is 0 Å². The quantitative estimate of drug-likeness (QED) is 0.196. The normalized spacial score (nSPS) is 14.4. The molecule has 226 valence electrons. The molecule has 0 bridgehead atoms. The summed E-state index contributed by atoms with van der Waals surface area (Å²) in [6, 6.07) is 0. The molecule has 0 amide bonds. The molecule has 0 aromatic rings. The van der Waals surface area contributed by atoms with Crippen LogP contribution in [0.25, 0.3) is 0 Å². The van der Waals surface area contributed by atoms with Crippen molar-refractivity contribution in [1.29, 1.82) is 0 Å². The fraction of sp³-hybridized carbons (Fsp3) is 1.00. The van der Waals surface area contributed by atoms with Crippen molar-refractivity contribution in [3.63, 3.8) is 0 Å². The van der Waals surface area contributed by atoms with Gasteiger partial charge < -0.3 is 24.7 Å². The van der Waals surface area contributed by atoms with E-state index in [2.05, 4.69) is 124 Å². The van der Waals surface area contributed by atoms with Crippen LogP contribution in [0, 0.1) is 0 Å². The molecule has 1 unspecified atom stereocenters. The summed E-state index contributed by atoms with van der Waals surface area (Å²) < 4.78 is 36.9. The number of hydrogen-bond acceptors (Lipinski definition) is 6. The summed E-state index contributed by atoms with van der Waals surface area (Å²) >= 11 is 0. The Bertz CT molecular complexity index is 551. The minimum absolute atomic E-state index is 0. The predicted octanol–water partition coefficient (Wildman–Crippen LogP) is 9.28. The van der Waals surface area contributed by atoms with Gasteiger partial charge in [0.1, 0.15) is 0 Å². The van der Waals surface area contributed by atoms with Crippen molar-refractivity contribution in [1.82, 2.24) is 0 Å². The first-order chi connectivity index (χ1) is 13.9. The van der Waals surface area contributed by atoms with E-state index in [4.69, 9.17) is 24.7 Å². The van der Waals surface area contributed by atoms with Gasteiger partial charge in [-0.2, -0.15) is 0 Å². The van der Waals surface area contributed by atoms with Gasteiger partial charge in [-0.1, -0.05) is 22.3 Å². The Morgan fingerprint density at radius 2 is 0.583 bits per heavy atom. The Labute approximate surface area is 238 Å². The molecule has 0 aromatic heterocycles. The molecule has 0 rings (SSSR count). The maximum absolute atomic E-state index is 6.28. The summed E-state index contributed by atoms with van der Waals surface area (Å²) in [7, 11) is -13.6. The van der Waals surface area contributed by atoms with Gasteiger partial charge in [0.2, 0.25) is 0 Å². The molecular weight excluding hydrogens is 585 g/mol. The molecular formula is C22H70O6Si8. The van der Waals surface area contributed by atoms with Gasteiger partial charge in [0.15, 0.2) is 33.3 Å². The van der Waals surface area contributed by atoms with Crippen molar-refractivity contribution in [2.45, 2.75) is 147 Å². The summed E-state index contributed by atoms with van der Waals surface area (Å²) in [4.78, 5) is 0. The molecule has 0 N–H and O–H groups in total. The van der Waals surface area contributed by atoms with E-state index < -0.39 is 68.2 Å². The molecule has 0 radical (unpaired) electrons. The van der Waals surface area contributed by atoms with E-state index in [1.54, 1.807) is 0 Å². The van der Waals surface area contributed by atoms with Crippen molar-refractivity contribution in [3.8, 4) is 0 Å². The zero-order valence-electron chi connectivity index (χ0n) is 25.5. The minimum Gasteiger partial charge on any atom is -0.439 e. The maximum atomic E-state index is 6.28. The van der Waals surface area contributed by atoms with E-state index in [9.17, 15) is 0 Å². The summed E-state index contributed by atoms with van der Waals surface area (Å²) in [6.07, 6.45) is 0. The first-order valence-corrected chi connectivity index (χ1v) is 36.3. The van der Waals surface area contributed by atoms with Crippen molar-refractivity contribution in [2.75, 3.05) is 0 Å². The highest BCUT2D eigenvalue weighted by atomic mass is 28.5. The van der Waals surface area contributed by atoms with E-state index in [1.807, 2.05) is 0 Å². The van der Waals surface area contributed by atoms with Gasteiger partial charge in [0, 0.05) is 0 Å². The molecule has 0 aliphatic carbocycles. The van der Waals surface area contributed by atoms with Gasteiger partial charge in [0.05, 0.1) is 0 Å². The van der Waals surface area contributed by atoms with Crippen molar-refractivity contribution >= 4 is 68.2 Å². The lowest BCUT2D eigenvalue weighted by Gasteiger charge is -2.39. The Morgan fingerprint density at radius 3 is 0.806 bits per heavy atom. The standard InChI is InChI=1S/C10H30O3Si4.C9H28O3Si4.3CH4/c1-14(2,3)11-16(7,8)13-17(9,10)12-15(4,5)6;1-13(10-14(2,3)4)11-16(8,9)12-15(5,6)7;;;/h1-10H3;13H,1-9H3;3*1H4. The molecule has 0 aromatic carbocycles. The van der Waals surface area contributed by atoms with Crippen LogP contribution in [-0.2, 0) is 24.7 Å². The average molecular weight is 655 g/mol. The lowest BCUT2D eigenvalue weighted by Crippen LogP contribution is -2.55. The fourth-order valence-electron chi connectivity index (χ4n) is 3.79. The van der Waals surface area contributed by atoms with Crippen LogP contribution in [-0.4, -0.2) is 68.2 Å². The van der Waals surface area contributed by atoms with Gasteiger partial charge in [-0.25, -0.2) is 0 Å². The van der Waals surface area contributed by atoms with Crippen molar-refractivity contribution in [2.24, 2.45) is 0 Å². The van der Waals surface area contributed by atoms with Crippen LogP contribution >= 0.6 is 0 Å². The van der Waals surface area contributed by atoms with E-state index >= 15 is 0 Å². The highest BCUT2D eigenvalue weighted by Gasteiger charge is 2.41. The molecule has 0 saturated carbocycles. The van der Waals surface area contributed by atoms with E-state index in [-0.39, 0.29) is 22.3 Å². The van der Waals surface area contributed by atoms with Gasteiger partial charge in [0.25, 0.3) is 9.28 Å². The largest absolute Gasteiger partial charge is 0.439 e. The highest BCUT2D eigenvalue weighted by molar-refractivity contribution is 6.89. The summed E-state index contributed by atoms with van der Waals surface area (Å²) in [5.41, 5.74) is 0. The van der Waals surface area contributed by atoms with Gasteiger partial charge in [-0.3, -0.25) is 0 Å². The maximum Gasteiger partial charge on any atom is 0.312 e. The second-order valence-corrected chi connectivity index (χ2v) is 45.4. The smallest absolute Gasteiger partial charge is 0.312 e. The zero-order chi connectivity index (χ0) is 27.3. The summed E-state index contributed by atoms with van der Waals surface area (Å²) in [5.74, 6) is 0. The van der Waals surface area contributed by atoms with Crippen LogP contribution in [0.1, 0.15) is 22.3 Å². The topological polar surface area (TPSA) is 55.4 Å². The van der Waals surface area contributed by atoms with Crippen LogP contribution in [0.2, 0.25) is 124 Å². The monoisotopic (exact) mass is 654 g/mol. The van der Waals surface area contributed by atoms with Crippen LogP contribution in [0.15, 0.2) is 0 Å². The first-order valence-electron chi connectivity index (χ1n) is 12.1. The molecule has 1 atom stereocenters. The van der Waals surface area contributed by atoms with Gasteiger partial charge >= 0.3 is 25.7 Å². The molecule has 0 saturated heterocycles. The van der Waals surface area contributed by atoms with Crippen molar-refractivity contribution in [3.05, 3.63) is 0 Å². The minimum atomic E-state index is -2.05. The SMILES string of the molecule is C.C.C.C[SiH](O[Si](C)(C)C)O[Si](C)(C)O[Si](C)(C)C.C[Si](C)(C)O[Si](C)(C)O[Si](C)(C)O[Si](C)(C)C. The first kappa shape index (κ1) is 47.3. The molecule has 36 heavy (non-hydrogen) atoms. The third-order valence-electron chi connectivity index (χ3n) is 3.12. The zero-order valence-corrected chi connectivity index (χ0v) is 33.7. The Morgan fingerprint density at radius 1 is 0.333 bits per heavy atom. The van der Waals surface area contributed by atoms with Gasteiger partial charge in [-0.05, 0) is 124 Å². The molecule has 0 spiro atoms. The van der Waals surface area contributed by atoms with Crippen LogP contribution < -0.4 is 0 Å². The van der Waals surface area contributed by atoms with E-state index in [0.29, 0.717) is 0 Å². The second-order valence-electron chi connectivity index (χ2n) is 13.9.